The minimum Gasteiger partial charge on any atom is -0.381 e. The Morgan fingerprint density at radius 2 is 0.911 bits per heavy atom. The summed E-state index contributed by atoms with van der Waals surface area (Å²) in [6.07, 6.45) is -11.0. The predicted octanol–water partition coefficient (Wildman–Crippen LogP) is 9.30. The molecule has 0 saturated heterocycles. The van der Waals surface area contributed by atoms with E-state index in [1.165, 1.54) is 0 Å². The van der Waals surface area contributed by atoms with Crippen molar-refractivity contribution in [3.05, 3.63) is 20.9 Å². The van der Waals surface area contributed by atoms with Crippen molar-refractivity contribution in [2.45, 2.75) is 78.9 Å². The van der Waals surface area contributed by atoms with E-state index in [9.17, 15) is 92.2 Å². The molecule has 0 aromatic carbocycles. The van der Waals surface area contributed by atoms with Crippen molar-refractivity contribution in [2.75, 3.05) is 19.8 Å². The Balaban J connectivity index is 6.48. The lowest BCUT2D eigenvalue weighted by atomic mass is 9.86. The lowest BCUT2D eigenvalue weighted by molar-refractivity contribution is -0.474. The summed E-state index contributed by atoms with van der Waals surface area (Å²) in [4.78, 5) is 4.49. The second-order valence-electron chi connectivity index (χ2n) is 8.79. The molecule has 0 saturated carbocycles. The summed E-state index contributed by atoms with van der Waals surface area (Å²) in [5, 5.41) is 5.98. The van der Waals surface area contributed by atoms with Gasteiger partial charge in [0.2, 0.25) is 0 Å². The molecule has 0 aliphatic heterocycles. The Morgan fingerprint density at radius 3 is 1.24 bits per heavy atom. The molecular formula is C17H13F21N6O. The molecule has 0 aliphatic carbocycles. The number of azide groups is 2. The summed E-state index contributed by atoms with van der Waals surface area (Å²) < 4.78 is 285. The van der Waals surface area contributed by atoms with Gasteiger partial charge in [-0.15, -0.1) is 0 Å². The van der Waals surface area contributed by atoms with Gasteiger partial charge in [-0.05, 0) is 17.0 Å². The van der Waals surface area contributed by atoms with Crippen LogP contribution in [0.3, 0.4) is 0 Å². The highest BCUT2D eigenvalue weighted by atomic mass is 19.4. The van der Waals surface area contributed by atoms with Crippen molar-refractivity contribution in [1.29, 1.82) is 0 Å². The molecule has 0 heterocycles. The van der Waals surface area contributed by atoms with Crippen molar-refractivity contribution in [2.24, 2.45) is 16.1 Å². The van der Waals surface area contributed by atoms with Gasteiger partial charge in [0.25, 0.3) is 0 Å². The molecule has 0 spiro atoms. The van der Waals surface area contributed by atoms with Gasteiger partial charge >= 0.3 is 59.5 Å². The fraction of sp³-hybridized carbons (Fsp3) is 1.00. The normalized spacial score (nSPS) is 16.5. The van der Waals surface area contributed by atoms with Gasteiger partial charge in [-0.2, -0.15) is 92.2 Å². The van der Waals surface area contributed by atoms with E-state index in [1.54, 1.807) is 0 Å². The Labute approximate surface area is 233 Å². The highest BCUT2D eigenvalue weighted by molar-refractivity contribution is 5.17. The third-order valence-corrected chi connectivity index (χ3v) is 5.71. The molecule has 0 rings (SSSR count). The summed E-state index contributed by atoms with van der Waals surface area (Å²) in [5.74, 6) is -78.6. The second-order valence-corrected chi connectivity index (χ2v) is 8.79. The van der Waals surface area contributed by atoms with Crippen LogP contribution in [0.4, 0.5) is 92.2 Å². The Hall–Kier alpha value is -2.89. The van der Waals surface area contributed by atoms with E-state index in [4.69, 9.17) is 11.1 Å². The first-order chi connectivity index (χ1) is 19.7. The molecule has 0 aliphatic rings. The SMILES string of the molecule is CC(CN=[N+]=[N-])C(COCCC(F)(F)C(F)(F)C(F)(F)C(F)(F)C(F)(F)C(F)(F)C(F)(F)C(F)(F)C(F)(F)C(F)(F)F)N=[N+]=[N-]. The molecule has 2 atom stereocenters. The Kier molecular flexibility index (Phi) is 11.9. The maximum atomic E-state index is 13.9. The number of ether oxygens (including phenoxy) is 1. The molecule has 0 N–H and O–H groups in total. The van der Waals surface area contributed by atoms with Crippen LogP contribution >= 0.6 is 0 Å². The molecule has 0 amide bonds. The summed E-state index contributed by atoms with van der Waals surface area (Å²) in [7, 11) is 0. The zero-order valence-electron chi connectivity index (χ0n) is 21.0. The van der Waals surface area contributed by atoms with Gasteiger partial charge in [0, 0.05) is 22.8 Å². The predicted molar refractivity (Wildman–Crippen MR) is 102 cm³/mol. The first-order valence-electron chi connectivity index (χ1n) is 10.8. The van der Waals surface area contributed by atoms with Crippen LogP contribution in [0.25, 0.3) is 20.9 Å². The van der Waals surface area contributed by atoms with Crippen LogP contribution in [-0.2, 0) is 4.74 Å². The van der Waals surface area contributed by atoms with Gasteiger partial charge in [0.1, 0.15) is 0 Å². The molecule has 28 heteroatoms. The summed E-state index contributed by atoms with van der Waals surface area (Å²) in [5.41, 5.74) is 16.6. The Morgan fingerprint density at radius 1 is 0.556 bits per heavy atom. The smallest absolute Gasteiger partial charge is 0.381 e. The molecule has 0 aromatic rings. The average Bonchev–Trinajstić information content (AvgIpc) is 2.87. The highest BCUT2D eigenvalue weighted by Crippen LogP contribution is 2.66. The zero-order valence-corrected chi connectivity index (χ0v) is 21.0. The first kappa shape index (κ1) is 42.1. The van der Waals surface area contributed by atoms with Gasteiger partial charge in [0.05, 0.1) is 19.3 Å². The van der Waals surface area contributed by atoms with Crippen LogP contribution in [0.2, 0.25) is 0 Å². The summed E-state index contributed by atoms with van der Waals surface area (Å²) in [6, 6.07) is -1.51. The first-order valence-corrected chi connectivity index (χ1v) is 10.8. The molecule has 0 radical (unpaired) electrons. The number of rotatable bonds is 17. The molecule has 0 aromatic heterocycles. The lowest BCUT2D eigenvalue weighted by Gasteiger charge is -2.44. The topological polar surface area (TPSA) is 107 Å². The maximum absolute atomic E-state index is 13.9. The van der Waals surface area contributed by atoms with E-state index in [2.05, 4.69) is 24.8 Å². The van der Waals surface area contributed by atoms with Gasteiger partial charge in [-0.25, -0.2) is 0 Å². The number of hydrogen-bond donors (Lipinski definition) is 0. The van der Waals surface area contributed by atoms with Crippen LogP contribution in [0, 0.1) is 5.92 Å². The third kappa shape index (κ3) is 6.67. The van der Waals surface area contributed by atoms with Crippen molar-refractivity contribution in [3.8, 4) is 0 Å². The zero-order chi connectivity index (χ0) is 36.5. The van der Waals surface area contributed by atoms with E-state index in [-0.39, 0.29) is 0 Å². The number of hydrogen-bond acceptors (Lipinski definition) is 3. The largest absolute Gasteiger partial charge is 0.460 e. The Bertz CT molecular complexity index is 1130. The monoisotopic (exact) mass is 716 g/mol. The van der Waals surface area contributed by atoms with Gasteiger partial charge in [-0.3, -0.25) is 0 Å². The minimum absolute atomic E-state index is 0.503. The molecule has 45 heavy (non-hydrogen) atoms. The van der Waals surface area contributed by atoms with Crippen LogP contribution in [0.1, 0.15) is 13.3 Å². The lowest BCUT2D eigenvalue weighted by Crippen LogP contribution is -2.76. The minimum atomic E-state index is -9.23. The fourth-order valence-corrected chi connectivity index (χ4v) is 2.82. The summed E-state index contributed by atoms with van der Waals surface area (Å²) >= 11 is 0. The van der Waals surface area contributed by atoms with E-state index < -0.39 is 97.6 Å². The second kappa shape index (κ2) is 12.7. The van der Waals surface area contributed by atoms with Crippen LogP contribution in [0.15, 0.2) is 10.2 Å². The average molecular weight is 716 g/mol. The quantitative estimate of drug-likeness (QED) is 0.0484. The van der Waals surface area contributed by atoms with Crippen molar-refractivity contribution in [1.82, 2.24) is 0 Å². The molecular weight excluding hydrogens is 703 g/mol. The van der Waals surface area contributed by atoms with Gasteiger partial charge < -0.3 is 4.74 Å². The molecule has 0 fully saturated rings. The molecule has 264 valence electrons. The van der Waals surface area contributed by atoms with Crippen LogP contribution < -0.4 is 0 Å². The number of nitrogens with zero attached hydrogens (tertiary/aromatic N) is 6. The van der Waals surface area contributed by atoms with E-state index in [0.717, 1.165) is 6.92 Å². The molecule has 7 nitrogen and oxygen atoms in total. The fourth-order valence-electron chi connectivity index (χ4n) is 2.82. The van der Waals surface area contributed by atoms with Crippen LogP contribution in [-0.4, -0.2) is 85.3 Å². The van der Waals surface area contributed by atoms with Crippen molar-refractivity contribution in [3.63, 3.8) is 0 Å². The third-order valence-electron chi connectivity index (χ3n) is 5.71. The van der Waals surface area contributed by atoms with Crippen molar-refractivity contribution >= 4 is 0 Å². The van der Waals surface area contributed by atoms with E-state index in [1.807, 2.05) is 0 Å². The summed E-state index contributed by atoms with van der Waals surface area (Å²) in [6.45, 7) is -2.46. The maximum Gasteiger partial charge on any atom is 0.460 e. The molecule has 2 unspecified atom stereocenters. The number of alkyl halides is 21. The molecule has 0 bridgehead atoms. The van der Waals surface area contributed by atoms with E-state index >= 15 is 0 Å². The number of halogens is 21. The van der Waals surface area contributed by atoms with Crippen molar-refractivity contribution < 1.29 is 96.9 Å². The standard InChI is InChI=1S/C17H13F21N6O/c1-6(4-41-43-39)7(42-44-40)5-45-3-2-8(18,19)9(20,21)10(22,23)11(24,25)12(26,27)13(28,29)14(30,31)15(32,33)16(34,35)17(36,37)38/h6-7H,2-5H2,1H3. The van der Waals surface area contributed by atoms with E-state index in [0.29, 0.717) is 0 Å². The van der Waals surface area contributed by atoms with Gasteiger partial charge in [-0.1, -0.05) is 17.2 Å². The van der Waals surface area contributed by atoms with Gasteiger partial charge in [0.15, 0.2) is 0 Å². The van der Waals surface area contributed by atoms with Crippen LogP contribution in [0.5, 0.6) is 0 Å². The highest BCUT2D eigenvalue weighted by Gasteiger charge is 2.97.